The molecule has 1 aliphatic heterocycles. The van der Waals surface area contributed by atoms with Crippen LogP contribution in [0.5, 0.6) is 11.5 Å². The van der Waals surface area contributed by atoms with Gasteiger partial charge in [0.2, 0.25) is 0 Å². The molecule has 1 saturated heterocycles. The van der Waals surface area contributed by atoms with Crippen molar-refractivity contribution in [3.63, 3.8) is 0 Å². The topological polar surface area (TPSA) is 30.9 Å². The smallest absolute Gasteiger partial charge is 0.119 e. The van der Waals surface area contributed by atoms with Gasteiger partial charge in [0, 0.05) is 19.6 Å². The van der Waals surface area contributed by atoms with Crippen LogP contribution in [0.2, 0.25) is 0 Å². The first-order valence-corrected chi connectivity index (χ1v) is 6.72. The van der Waals surface area contributed by atoms with E-state index in [0.29, 0.717) is 6.61 Å². The van der Waals surface area contributed by atoms with Crippen LogP contribution in [0.1, 0.15) is 13.8 Å². The van der Waals surface area contributed by atoms with E-state index in [9.17, 15) is 0 Å². The first-order chi connectivity index (χ1) is 9.09. The maximum absolute atomic E-state index is 5.74. The summed E-state index contributed by atoms with van der Waals surface area (Å²) in [5.41, 5.74) is -0.0433. The van der Waals surface area contributed by atoms with Gasteiger partial charge in [0.25, 0.3) is 0 Å². The molecule has 106 valence electrons. The Morgan fingerprint density at radius 1 is 1.21 bits per heavy atom. The Labute approximate surface area is 115 Å². The number of nitrogens with zero attached hydrogens (tertiary/aromatic N) is 1. The average molecular weight is 265 g/mol. The standard InChI is InChI=1S/C15H23NO3/c1-15(2)12-16(9-11-19-15)8-10-18-14-6-4-13(17-3)5-7-14/h4-7H,8-12H2,1-3H3. The van der Waals surface area contributed by atoms with Gasteiger partial charge in [0.05, 0.1) is 19.3 Å². The minimum absolute atomic E-state index is 0.0433. The van der Waals surface area contributed by atoms with Crippen molar-refractivity contribution in [1.82, 2.24) is 4.90 Å². The van der Waals surface area contributed by atoms with Crippen molar-refractivity contribution in [3.05, 3.63) is 24.3 Å². The van der Waals surface area contributed by atoms with Gasteiger partial charge in [-0.1, -0.05) is 0 Å². The maximum Gasteiger partial charge on any atom is 0.119 e. The second-order valence-electron chi connectivity index (χ2n) is 5.41. The van der Waals surface area contributed by atoms with Gasteiger partial charge in [0.1, 0.15) is 18.1 Å². The quantitative estimate of drug-likeness (QED) is 0.816. The van der Waals surface area contributed by atoms with E-state index < -0.39 is 0 Å². The molecule has 4 nitrogen and oxygen atoms in total. The van der Waals surface area contributed by atoms with Crippen molar-refractivity contribution in [1.29, 1.82) is 0 Å². The van der Waals surface area contributed by atoms with Gasteiger partial charge in [-0.25, -0.2) is 0 Å². The van der Waals surface area contributed by atoms with Gasteiger partial charge in [-0.2, -0.15) is 0 Å². The molecule has 0 unspecified atom stereocenters. The highest BCUT2D eigenvalue weighted by Crippen LogP contribution is 2.18. The van der Waals surface area contributed by atoms with Crippen LogP contribution in [0.15, 0.2) is 24.3 Å². The summed E-state index contributed by atoms with van der Waals surface area (Å²) in [4.78, 5) is 2.38. The second-order valence-corrected chi connectivity index (χ2v) is 5.41. The molecule has 1 aromatic rings. The molecule has 0 aliphatic carbocycles. The first kappa shape index (κ1) is 14.2. The molecule has 1 aromatic carbocycles. The molecule has 0 atom stereocenters. The van der Waals surface area contributed by atoms with Crippen LogP contribution in [0.3, 0.4) is 0 Å². The molecule has 1 aliphatic rings. The number of rotatable bonds is 5. The van der Waals surface area contributed by atoms with E-state index in [4.69, 9.17) is 14.2 Å². The highest BCUT2D eigenvalue weighted by Gasteiger charge is 2.26. The van der Waals surface area contributed by atoms with E-state index in [1.165, 1.54) is 0 Å². The Bertz CT molecular complexity index is 389. The molecule has 19 heavy (non-hydrogen) atoms. The highest BCUT2D eigenvalue weighted by molar-refractivity contribution is 5.31. The van der Waals surface area contributed by atoms with Crippen molar-refractivity contribution in [3.8, 4) is 11.5 Å². The van der Waals surface area contributed by atoms with E-state index in [2.05, 4.69) is 18.7 Å². The van der Waals surface area contributed by atoms with E-state index >= 15 is 0 Å². The molecule has 0 spiro atoms. The summed E-state index contributed by atoms with van der Waals surface area (Å²) < 4.78 is 16.5. The molecule has 0 aromatic heterocycles. The summed E-state index contributed by atoms with van der Waals surface area (Å²) >= 11 is 0. The normalized spacial score (nSPS) is 19.1. The molecular weight excluding hydrogens is 242 g/mol. The number of methoxy groups -OCH3 is 1. The lowest BCUT2D eigenvalue weighted by Gasteiger charge is -2.38. The largest absolute Gasteiger partial charge is 0.497 e. The molecule has 1 fully saturated rings. The zero-order chi connectivity index (χ0) is 13.7. The third-order valence-corrected chi connectivity index (χ3v) is 3.24. The van der Waals surface area contributed by atoms with E-state index in [-0.39, 0.29) is 5.60 Å². The molecule has 0 N–H and O–H groups in total. The van der Waals surface area contributed by atoms with Crippen molar-refractivity contribution in [2.75, 3.05) is 40.0 Å². The molecule has 0 bridgehead atoms. The zero-order valence-corrected chi connectivity index (χ0v) is 12.0. The van der Waals surface area contributed by atoms with Crippen molar-refractivity contribution >= 4 is 0 Å². The van der Waals surface area contributed by atoms with Gasteiger partial charge in [-0.3, -0.25) is 4.90 Å². The summed E-state index contributed by atoms with van der Waals surface area (Å²) in [7, 11) is 1.66. The average Bonchev–Trinajstić information content (AvgIpc) is 2.38. The van der Waals surface area contributed by atoms with Gasteiger partial charge < -0.3 is 14.2 Å². The van der Waals surface area contributed by atoms with E-state index in [1.807, 2.05) is 24.3 Å². The maximum atomic E-state index is 5.74. The molecule has 0 amide bonds. The molecule has 0 radical (unpaired) electrons. The SMILES string of the molecule is COc1ccc(OCCN2CCOC(C)(C)C2)cc1. The fourth-order valence-corrected chi connectivity index (χ4v) is 2.27. The minimum Gasteiger partial charge on any atom is -0.497 e. The highest BCUT2D eigenvalue weighted by atomic mass is 16.5. The predicted molar refractivity (Wildman–Crippen MR) is 75.0 cm³/mol. The Hall–Kier alpha value is -1.26. The molecule has 1 heterocycles. The second kappa shape index (κ2) is 6.26. The van der Waals surface area contributed by atoms with Crippen LogP contribution < -0.4 is 9.47 Å². The van der Waals surface area contributed by atoms with Crippen LogP contribution in [0.4, 0.5) is 0 Å². The number of benzene rings is 1. The summed E-state index contributed by atoms with van der Waals surface area (Å²) in [6.07, 6.45) is 0. The molecule has 2 rings (SSSR count). The summed E-state index contributed by atoms with van der Waals surface area (Å²) in [5, 5.41) is 0. The summed E-state index contributed by atoms with van der Waals surface area (Å²) in [6, 6.07) is 7.69. The predicted octanol–water partition coefficient (Wildman–Crippen LogP) is 2.18. The van der Waals surface area contributed by atoms with E-state index in [1.54, 1.807) is 7.11 Å². The lowest BCUT2D eigenvalue weighted by molar-refractivity contribution is -0.0875. The van der Waals surface area contributed by atoms with Crippen LogP contribution in [0, 0.1) is 0 Å². The Kier molecular flexibility index (Phi) is 4.66. The third-order valence-electron chi connectivity index (χ3n) is 3.24. The number of hydrogen-bond donors (Lipinski definition) is 0. The Morgan fingerprint density at radius 3 is 2.53 bits per heavy atom. The molecule has 4 heteroatoms. The monoisotopic (exact) mass is 265 g/mol. The zero-order valence-electron chi connectivity index (χ0n) is 12.0. The summed E-state index contributed by atoms with van der Waals surface area (Å²) in [5.74, 6) is 1.73. The van der Waals surface area contributed by atoms with Gasteiger partial charge in [0.15, 0.2) is 0 Å². The number of hydrogen-bond acceptors (Lipinski definition) is 4. The Morgan fingerprint density at radius 2 is 1.89 bits per heavy atom. The van der Waals surface area contributed by atoms with Gasteiger partial charge in [-0.05, 0) is 38.1 Å². The Balaban J connectivity index is 1.73. The summed E-state index contributed by atoms with van der Waals surface area (Å²) in [6.45, 7) is 8.62. The van der Waals surface area contributed by atoms with Crippen LogP contribution in [-0.2, 0) is 4.74 Å². The van der Waals surface area contributed by atoms with Crippen LogP contribution in [0.25, 0.3) is 0 Å². The third kappa shape index (κ3) is 4.40. The van der Waals surface area contributed by atoms with Gasteiger partial charge >= 0.3 is 0 Å². The lowest BCUT2D eigenvalue weighted by atomic mass is 10.1. The number of ether oxygens (including phenoxy) is 3. The van der Waals surface area contributed by atoms with Crippen LogP contribution in [-0.4, -0.2) is 50.5 Å². The van der Waals surface area contributed by atoms with Gasteiger partial charge in [-0.15, -0.1) is 0 Å². The first-order valence-electron chi connectivity index (χ1n) is 6.72. The fourth-order valence-electron chi connectivity index (χ4n) is 2.27. The fraction of sp³-hybridized carbons (Fsp3) is 0.600. The van der Waals surface area contributed by atoms with Crippen LogP contribution >= 0.6 is 0 Å². The lowest BCUT2D eigenvalue weighted by Crippen LogP contribution is -2.49. The number of morpholine rings is 1. The van der Waals surface area contributed by atoms with Crippen molar-refractivity contribution < 1.29 is 14.2 Å². The molecular formula is C15H23NO3. The minimum atomic E-state index is -0.0433. The van der Waals surface area contributed by atoms with Crippen molar-refractivity contribution in [2.45, 2.75) is 19.4 Å². The van der Waals surface area contributed by atoms with Crippen molar-refractivity contribution in [2.24, 2.45) is 0 Å². The molecule has 0 saturated carbocycles. The van der Waals surface area contributed by atoms with E-state index in [0.717, 1.165) is 37.7 Å².